The molecule has 1 aromatic carbocycles. The molecule has 0 aliphatic carbocycles. The smallest absolute Gasteiger partial charge is 0.243 e. The third-order valence-electron chi connectivity index (χ3n) is 2.22. The molecule has 4 nitrogen and oxygen atoms in total. The summed E-state index contributed by atoms with van der Waals surface area (Å²) in [6, 6.07) is 5.68. The first-order chi connectivity index (χ1) is 8.02. The van der Waals surface area contributed by atoms with Crippen LogP contribution in [0, 0.1) is 0 Å². The quantitative estimate of drug-likeness (QED) is 0.894. The highest BCUT2D eigenvalue weighted by Crippen LogP contribution is 2.21. The largest absolute Gasteiger partial charge is 0.347 e. The van der Waals surface area contributed by atoms with Gasteiger partial charge in [-0.25, -0.2) is 0 Å². The minimum Gasteiger partial charge on any atom is -0.347 e. The summed E-state index contributed by atoms with van der Waals surface area (Å²) in [5.41, 5.74) is 1.83. The Morgan fingerprint density at radius 1 is 1.35 bits per heavy atom. The fourth-order valence-electron chi connectivity index (χ4n) is 1.38. The fraction of sp³-hybridized carbons (Fsp3) is 0.333. The van der Waals surface area contributed by atoms with Gasteiger partial charge in [0, 0.05) is 17.1 Å². The second kappa shape index (κ2) is 6.39. The predicted molar refractivity (Wildman–Crippen MR) is 70.8 cm³/mol. The number of anilines is 1. The lowest BCUT2D eigenvalue weighted by Crippen LogP contribution is -2.31. The van der Waals surface area contributed by atoms with Crippen LogP contribution in [0.3, 0.4) is 0 Å². The van der Waals surface area contributed by atoms with E-state index in [-0.39, 0.29) is 18.4 Å². The maximum absolute atomic E-state index is 11.5. The molecule has 0 aromatic heterocycles. The van der Waals surface area contributed by atoms with Gasteiger partial charge in [0.15, 0.2) is 0 Å². The number of halogens is 1. The van der Waals surface area contributed by atoms with Crippen molar-refractivity contribution < 1.29 is 9.59 Å². The minimum absolute atomic E-state index is 0.00541. The average Bonchev–Trinajstić information content (AvgIpc) is 2.28. The lowest BCUT2D eigenvalue weighted by atomic mass is 10.1. The Labute approximate surface area is 109 Å². The van der Waals surface area contributed by atoms with Gasteiger partial charge in [0.1, 0.15) is 0 Å². The molecule has 5 heteroatoms. The van der Waals surface area contributed by atoms with Crippen molar-refractivity contribution in [2.24, 2.45) is 0 Å². The first-order valence-corrected chi connectivity index (χ1v) is 6.15. The van der Waals surface area contributed by atoms with E-state index in [4.69, 9.17) is 0 Å². The second-order valence-corrected chi connectivity index (χ2v) is 4.53. The number of aryl methyl sites for hydroxylation is 1. The van der Waals surface area contributed by atoms with E-state index in [1.165, 1.54) is 6.92 Å². The molecule has 0 saturated heterocycles. The Balaban J connectivity index is 2.67. The van der Waals surface area contributed by atoms with Crippen molar-refractivity contribution >= 4 is 33.4 Å². The summed E-state index contributed by atoms with van der Waals surface area (Å²) in [6.07, 6.45) is 0.829. The highest BCUT2D eigenvalue weighted by Gasteiger charge is 2.06. The minimum atomic E-state index is -0.225. The van der Waals surface area contributed by atoms with Crippen molar-refractivity contribution in [2.45, 2.75) is 20.3 Å². The third-order valence-corrected chi connectivity index (χ3v) is 2.71. The summed E-state index contributed by atoms with van der Waals surface area (Å²) in [5, 5.41) is 5.22. The van der Waals surface area contributed by atoms with Gasteiger partial charge < -0.3 is 10.6 Å². The van der Waals surface area contributed by atoms with E-state index in [9.17, 15) is 9.59 Å². The molecule has 0 saturated carbocycles. The van der Waals surface area contributed by atoms with Crippen molar-refractivity contribution in [1.82, 2.24) is 5.32 Å². The van der Waals surface area contributed by atoms with Crippen LogP contribution >= 0.6 is 15.9 Å². The van der Waals surface area contributed by atoms with Gasteiger partial charge in [0.05, 0.1) is 6.54 Å². The van der Waals surface area contributed by atoms with Crippen molar-refractivity contribution in [3.8, 4) is 0 Å². The normalized spacial score (nSPS) is 9.82. The summed E-state index contributed by atoms with van der Waals surface area (Å²) in [6.45, 7) is 3.39. The fourth-order valence-corrected chi connectivity index (χ4v) is 1.78. The topological polar surface area (TPSA) is 58.2 Å². The van der Waals surface area contributed by atoms with Crippen LogP contribution in [0.1, 0.15) is 19.4 Å². The Kier molecular flexibility index (Phi) is 5.15. The molecule has 2 amide bonds. The van der Waals surface area contributed by atoms with Gasteiger partial charge in [-0.05, 0) is 30.2 Å². The Bertz CT molecular complexity index is 433. The van der Waals surface area contributed by atoms with Gasteiger partial charge in [-0.1, -0.05) is 22.9 Å². The summed E-state index contributed by atoms with van der Waals surface area (Å²) in [4.78, 5) is 22.2. The number of nitrogens with one attached hydrogen (secondary N) is 2. The van der Waals surface area contributed by atoms with Crippen LogP contribution in [-0.4, -0.2) is 18.4 Å². The molecule has 0 heterocycles. The Morgan fingerprint density at radius 2 is 2.06 bits per heavy atom. The zero-order valence-corrected chi connectivity index (χ0v) is 11.4. The maximum Gasteiger partial charge on any atom is 0.243 e. The van der Waals surface area contributed by atoms with E-state index in [0.717, 1.165) is 22.1 Å². The van der Waals surface area contributed by atoms with E-state index in [2.05, 4.69) is 26.6 Å². The van der Waals surface area contributed by atoms with E-state index in [1.807, 2.05) is 25.1 Å². The molecule has 0 fully saturated rings. The van der Waals surface area contributed by atoms with Crippen molar-refractivity contribution in [2.75, 3.05) is 11.9 Å². The van der Waals surface area contributed by atoms with Crippen molar-refractivity contribution in [1.29, 1.82) is 0 Å². The molecular formula is C12H15BrN2O2. The van der Waals surface area contributed by atoms with Crippen LogP contribution in [0.4, 0.5) is 5.69 Å². The first kappa shape index (κ1) is 13.7. The van der Waals surface area contributed by atoms with Gasteiger partial charge in [-0.15, -0.1) is 0 Å². The highest BCUT2D eigenvalue weighted by atomic mass is 79.9. The molecule has 0 atom stereocenters. The molecule has 0 spiro atoms. The lowest BCUT2D eigenvalue weighted by molar-refractivity contribution is -0.122. The van der Waals surface area contributed by atoms with E-state index < -0.39 is 0 Å². The van der Waals surface area contributed by atoms with Crippen LogP contribution in [0.15, 0.2) is 22.7 Å². The van der Waals surface area contributed by atoms with Crippen LogP contribution < -0.4 is 10.6 Å². The Hall–Kier alpha value is -1.36. The summed E-state index contributed by atoms with van der Waals surface area (Å²) < 4.78 is 0.981. The van der Waals surface area contributed by atoms with Crippen molar-refractivity contribution in [3.63, 3.8) is 0 Å². The second-order valence-electron chi connectivity index (χ2n) is 3.61. The summed E-state index contributed by atoms with van der Waals surface area (Å²) >= 11 is 3.38. The van der Waals surface area contributed by atoms with Gasteiger partial charge in [0.25, 0.3) is 0 Å². The number of carbonyl (C=O) groups excluding carboxylic acids is 2. The molecule has 0 aliphatic heterocycles. The number of amides is 2. The van der Waals surface area contributed by atoms with Crippen LogP contribution in [0.2, 0.25) is 0 Å². The highest BCUT2D eigenvalue weighted by molar-refractivity contribution is 9.10. The predicted octanol–water partition coefficient (Wildman–Crippen LogP) is 2.09. The molecule has 2 N–H and O–H groups in total. The molecule has 92 valence electrons. The zero-order chi connectivity index (χ0) is 12.8. The number of hydrogen-bond acceptors (Lipinski definition) is 2. The SMILES string of the molecule is CCc1cc(Br)ccc1NC(=O)CNC(C)=O. The molecule has 0 unspecified atom stereocenters. The molecule has 0 bridgehead atoms. The van der Waals surface area contributed by atoms with E-state index in [1.54, 1.807) is 0 Å². The van der Waals surface area contributed by atoms with Gasteiger partial charge in [-0.2, -0.15) is 0 Å². The van der Waals surface area contributed by atoms with Crippen molar-refractivity contribution in [3.05, 3.63) is 28.2 Å². The van der Waals surface area contributed by atoms with Gasteiger partial charge >= 0.3 is 0 Å². The lowest BCUT2D eigenvalue weighted by Gasteiger charge is -2.10. The molecule has 0 aliphatic rings. The van der Waals surface area contributed by atoms with Crippen LogP contribution in [0.25, 0.3) is 0 Å². The van der Waals surface area contributed by atoms with Gasteiger partial charge in [-0.3, -0.25) is 9.59 Å². The average molecular weight is 299 g/mol. The van der Waals surface area contributed by atoms with Crippen LogP contribution in [-0.2, 0) is 16.0 Å². The number of carbonyl (C=O) groups is 2. The maximum atomic E-state index is 11.5. The van der Waals surface area contributed by atoms with Crippen LogP contribution in [0.5, 0.6) is 0 Å². The first-order valence-electron chi connectivity index (χ1n) is 5.35. The standard InChI is InChI=1S/C12H15BrN2O2/c1-3-9-6-10(13)4-5-11(9)15-12(17)7-14-8(2)16/h4-6H,3,7H2,1-2H3,(H,14,16)(H,15,17). The summed E-state index contributed by atoms with van der Waals surface area (Å²) in [7, 11) is 0. The Morgan fingerprint density at radius 3 is 2.65 bits per heavy atom. The molecule has 1 rings (SSSR count). The van der Waals surface area contributed by atoms with Gasteiger partial charge in [0.2, 0.25) is 11.8 Å². The number of rotatable bonds is 4. The monoisotopic (exact) mass is 298 g/mol. The third kappa shape index (κ3) is 4.56. The number of benzene rings is 1. The molecule has 17 heavy (non-hydrogen) atoms. The molecule has 0 radical (unpaired) electrons. The van der Waals surface area contributed by atoms with E-state index in [0.29, 0.717) is 0 Å². The zero-order valence-electron chi connectivity index (χ0n) is 9.84. The number of hydrogen-bond donors (Lipinski definition) is 2. The molecular weight excluding hydrogens is 284 g/mol. The molecule has 1 aromatic rings. The summed E-state index contributed by atoms with van der Waals surface area (Å²) in [5.74, 6) is -0.441. The van der Waals surface area contributed by atoms with E-state index >= 15 is 0 Å².